The van der Waals surface area contributed by atoms with Crippen LogP contribution < -0.4 is 5.32 Å². The highest BCUT2D eigenvalue weighted by atomic mass is 32.2. The van der Waals surface area contributed by atoms with Gasteiger partial charge in [0, 0.05) is 6.04 Å². The molecule has 4 unspecified atom stereocenters. The maximum atomic E-state index is 3.62. The third kappa shape index (κ3) is 1.42. The van der Waals surface area contributed by atoms with Crippen LogP contribution in [0.25, 0.3) is 0 Å². The fraction of sp³-hybridized carbons (Fsp3) is 1.00. The first-order valence-corrected chi connectivity index (χ1v) is 7.29. The number of fused-ring (bicyclic) bond motifs is 2. The first-order valence-electron chi connectivity index (χ1n) is 6.13. The Morgan fingerprint density at radius 3 is 2.50 bits per heavy atom. The van der Waals surface area contributed by atoms with E-state index in [2.05, 4.69) is 24.1 Å². The maximum absolute atomic E-state index is 3.62. The first kappa shape index (κ1) is 9.53. The Hall–Kier alpha value is 0.310. The van der Waals surface area contributed by atoms with E-state index in [1.807, 2.05) is 0 Å². The molecule has 1 nitrogen and oxygen atoms in total. The van der Waals surface area contributed by atoms with E-state index in [0.29, 0.717) is 0 Å². The molecule has 0 aromatic heterocycles. The van der Waals surface area contributed by atoms with E-state index >= 15 is 0 Å². The molecule has 3 rings (SSSR count). The minimum Gasteiger partial charge on any atom is -0.316 e. The number of thioether (sulfide) groups is 1. The van der Waals surface area contributed by atoms with Gasteiger partial charge in [-0.2, -0.15) is 11.8 Å². The molecule has 2 bridgehead atoms. The summed E-state index contributed by atoms with van der Waals surface area (Å²) in [5, 5.41) is 3.62. The van der Waals surface area contributed by atoms with E-state index in [-0.39, 0.29) is 0 Å². The fourth-order valence-corrected chi connectivity index (χ4v) is 4.92. The van der Waals surface area contributed by atoms with Crippen LogP contribution in [0, 0.1) is 23.7 Å². The second kappa shape index (κ2) is 3.71. The quantitative estimate of drug-likeness (QED) is 0.769. The number of hydrogen-bond donors (Lipinski definition) is 1. The molecule has 1 heterocycles. The molecule has 1 saturated heterocycles. The van der Waals surface area contributed by atoms with Gasteiger partial charge >= 0.3 is 0 Å². The van der Waals surface area contributed by atoms with Gasteiger partial charge in [0.25, 0.3) is 0 Å². The molecule has 1 aliphatic heterocycles. The standard InChI is InChI=1S/C12H21NS/c1-13-12(10-6-14-7-10)11-5-8-2-3-9(11)4-8/h8-13H,2-7H2,1H3. The molecule has 0 amide bonds. The van der Waals surface area contributed by atoms with Gasteiger partial charge < -0.3 is 5.32 Å². The minimum atomic E-state index is 0.853. The summed E-state index contributed by atoms with van der Waals surface area (Å²) >= 11 is 2.13. The van der Waals surface area contributed by atoms with Crippen LogP contribution in [-0.4, -0.2) is 24.6 Å². The molecule has 80 valence electrons. The van der Waals surface area contributed by atoms with Gasteiger partial charge in [-0.1, -0.05) is 6.42 Å². The molecule has 3 fully saturated rings. The third-order valence-corrected chi connectivity index (χ3v) is 6.09. The highest BCUT2D eigenvalue weighted by molar-refractivity contribution is 8.00. The van der Waals surface area contributed by atoms with Crippen molar-refractivity contribution in [1.29, 1.82) is 0 Å². The van der Waals surface area contributed by atoms with Crippen LogP contribution in [0.4, 0.5) is 0 Å². The largest absolute Gasteiger partial charge is 0.316 e. The van der Waals surface area contributed by atoms with Crippen LogP contribution in [-0.2, 0) is 0 Å². The monoisotopic (exact) mass is 211 g/mol. The Kier molecular flexibility index (Phi) is 2.53. The zero-order valence-corrected chi connectivity index (χ0v) is 9.85. The van der Waals surface area contributed by atoms with Crippen molar-refractivity contribution in [3.63, 3.8) is 0 Å². The van der Waals surface area contributed by atoms with Crippen molar-refractivity contribution in [3.8, 4) is 0 Å². The Labute approximate surface area is 91.4 Å². The van der Waals surface area contributed by atoms with Crippen molar-refractivity contribution in [3.05, 3.63) is 0 Å². The summed E-state index contributed by atoms with van der Waals surface area (Å²) in [6.45, 7) is 0. The number of rotatable bonds is 3. The van der Waals surface area contributed by atoms with Gasteiger partial charge in [-0.25, -0.2) is 0 Å². The topological polar surface area (TPSA) is 12.0 Å². The van der Waals surface area contributed by atoms with Crippen molar-refractivity contribution in [2.45, 2.75) is 31.7 Å². The van der Waals surface area contributed by atoms with Crippen molar-refractivity contribution < 1.29 is 0 Å². The summed E-state index contributed by atoms with van der Waals surface area (Å²) in [4.78, 5) is 0. The summed E-state index contributed by atoms with van der Waals surface area (Å²) in [6, 6.07) is 0.853. The Morgan fingerprint density at radius 2 is 2.07 bits per heavy atom. The third-order valence-electron chi connectivity index (χ3n) is 4.76. The summed E-state index contributed by atoms with van der Waals surface area (Å²) in [7, 11) is 2.18. The Bertz CT molecular complexity index is 214. The van der Waals surface area contributed by atoms with Crippen LogP contribution in [0.1, 0.15) is 25.7 Å². The summed E-state index contributed by atoms with van der Waals surface area (Å²) in [6.07, 6.45) is 6.17. The minimum absolute atomic E-state index is 0.853. The predicted molar refractivity (Wildman–Crippen MR) is 62.6 cm³/mol. The van der Waals surface area contributed by atoms with Crippen molar-refractivity contribution >= 4 is 11.8 Å². The fourth-order valence-electron chi connectivity index (χ4n) is 3.99. The van der Waals surface area contributed by atoms with Crippen molar-refractivity contribution in [1.82, 2.24) is 5.32 Å². The molecule has 2 heteroatoms. The molecular weight excluding hydrogens is 190 g/mol. The average molecular weight is 211 g/mol. The lowest BCUT2D eigenvalue weighted by atomic mass is 9.79. The molecular formula is C12H21NS. The molecule has 3 aliphatic rings. The van der Waals surface area contributed by atoms with E-state index in [0.717, 1.165) is 29.7 Å². The zero-order valence-electron chi connectivity index (χ0n) is 9.04. The average Bonchev–Trinajstić information content (AvgIpc) is 2.71. The molecule has 0 aromatic rings. The van der Waals surface area contributed by atoms with E-state index in [9.17, 15) is 0 Å². The van der Waals surface area contributed by atoms with Gasteiger partial charge in [0.2, 0.25) is 0 Å². The highest BCUT2D eigenvalue weighted by Gasteiger charge is 2.45. The van der Waals surface area contributed by atoms with Crippen LogP contribution >= 0.6 is 11.8 Å². The van der Waals surface area contributed by atoms with E-state index < -0.39 is 0 Å². The second-order valence-corrected chi connectivity index (χ2v) is 6.53. The Morgan fingerprint density at radius 1 is 1.21 bits per heavy atom. The van der Waals surface area contributed by atoms with Crippen LogP contribution in [0.2, 0.25) is 0 Å². The van der Waals surface area contributed by atoms with E-state index in [1.54, 1.807) is 6.42 Å². The molecule has 4 atom stereocenters. The van der Waals surface area contributed by atoms with Crippen LogP contribution in [0.15, 0.2) is 0 Å². The summed E-state index contributed by atoms with van der Waals surface area (Å²) < 4.78 is 0. The molecule has 2 saturated carbocycles. The lowest BCUT2D eigenvalue weighted by Crippen LogP contribution is -2.47. The smallest absolute Gasteiger partial charge is 0.0139 e. The van der Waals surface area contributed by atoms with E-state index in [1.165, 1.54) is 30.8 Å². The Balaban J connectivity index is 1.67. The number of nitrogens with one attached hydrogen (secondary N) is 1. The van der Waals surface area contributed by atoms with Gasteiger partial charge in [-0.05, 0) is 61.5 Å². The van der Waals surface area contributed by atoms with Crippen LogP contribution in [0.5, 0.6) is 0 Å². The summed E-state index contributed by atoms with van der Waals surface area (Å²) in [5.41, 5.74) is 0. The molecule has 1 N–H and O–H groups in total. The predicted octanol–water partition coefficient (Wildman–Crippen LogP) is 2.37. The zero-order chi connectivity index (χ0) is 9.54. The molecule has 0 aromatic carbocycles. The first-order chi connectivity index (χ1) is 6.88. The van der Waals surface area contributed by atoms with Gasteiger partial charge in [-0.3, -0.25) is 0 Å². The second-order valence-electron chi connectivity index (χ2n) is 5.45. The SMILES string of the molecule is CNC(C1CSC1)C1CC2CCC1C2. The highest BCUT2D eigenvalue weighted by Crippen LogP contribution is 2.51. The lowest BCUT2D eigenvalue weighted by molar-refractivity contribution is 0.214. The van der Waals surface area contributed by atoms with Gasteiger partial charge in [0.15, 0.2) is 0 Å². The van der Waals surface area contributed by atoms with Crippen LogP contribution in [0.3, 0.4) is 0 Å². The van der Waals surface area contributed by atoms with Gasteiger partial charge in [0.05, 0.1) is 0 Å². The molecule has 0 radical (unpaired) electrons. The van der Waals surface area contributed by atoms with Gasteiger partial charge in [-0.15, -0.1) is 0 Å². The lowest BCUT2D eigenvalue weighted by Gasteiger charge is -2.40. The van der Waals surface area contributed by atoms with Crippen molar-refractivity contribution in [2.75, 3.05) is 18.6 Å². The van der Waals surface area contributed by atoms with Gasteiger partial charge in [0.1, 0.15) is 0 Å². The summed E-state index contributed by atoms with van der Waals surface area (Å²) in [5.74, 6) is 7.05. The van der Waals surface area contributed by atoms with E-state index in [4.69, 9.17) is 0 Å². The molecule has 14 heavy (non-hydrogen) atoms. The maximum Gasteiger partial charge on any atom is 0.0139 e. The normalized spacial score (nSPS) is 43.9. The number of hydrogen-bond acceptors (Lipinski definition) is 2. The molecule has 0 spiro atoms. The molecule has 2 aliphatic carbocycles. The van der Waals surface area contributed by atoms with Crippen molar-refractivity contribution in [2.24, 2.45) is 23.7 Å².